The molecule has 1 aliphatic rings. The Labute approximate surface area is 137 Å². The third kappa shape index (κ3) is 2.69. The smallest absolute Gasteiger partial charge is 0.147 e. The van der Waals surface area contributed by atoms with Gasteiger partial charge in [-0.15, -0.1) is 0 Å². The van der Waals surface area contributed by atoms with Crippen molar-refractivity contribution in [2.75, 3.05) is 13.6 Å². The molecule has 2 heterocycles. The van der Waals surface area contributed by atoms with Gasteiger partial charge in [0.15, 0.2) is 0 Å². The Morgan fingerprint density at radius 3 is 2.71 bits per heavy atom. The van der Waals surface area contributed by atoms with Crippen molar-refractivity contribution in [3.05, 3.63) is 50.7 Å². The van der Waals surface area contributed by atoms with Crippen LogP contribution in [-0.4, -0.2) is 23.5 Å². The SMILES string of the molecule is CN1CCc2nc(Cl)c(C#N)c(-c3ccc(Br)cc3)c2C1. The summed E-state index contributed by atoms with van der Waals surface area (Å²) < 4.78 is 1.01. The van der Waals surface area contributed by atoms with Gasteiger partial charge < -0.3 is 4.90 Å². The van der Waals surface area contributed by atoms with Crippen LogP contribution >= 0.6 is 27.5 Å². The molecule has 5 heteroatoms. The second-order valence-corrected chi connectivity index (χ2v) is 6.46. The highest BCUT2D eigenvalue weighted by molar-refractivity contribution is 9.10. The fourth-order valence-electron chi connectivity index (χ4n) is 2.70. The van der Waals surface area contributed by atoms with Gasteiger partial charge in [0.05, 0.1) is 5.56 Å². The molecule has 3 rings (SSSR count). The molecule has 0 atom stereocenters. The zero-order chi connectivity index (χ0) is 15.0. The van der Waals surface area contributed by atoms with Gasteiger partial charge in [0, 0.05) is 35.2 Å². The van der Waals surface area contributed by atoms with Crippen molar-refractivity contribution in [2.45, 2.75) is 13.0 Å². The molecule has 1 aliphatic heterocycles. The van der Waals surface area contributed by atoms with Gasteiger partial charge in [-0.3, -0.25) is 0 Å². The molecular weight excluding hydrogens is 350 g/mol. The summed E-state index contributed by atoms with van der Waals surface area (Å²) in [7, 11) is 2.08. The molecule has 0 spiro atoms. The summed E-state index contributed by atoms with van der Waals surface area (Å²) in [6, 6.07) is 10.2. The molecule has 3 nitrogen and oxygen atoms in total. The van der Waals surface area contributed by atoms with E-state index in [2.05, 4.69) is 38.9 Å². The van der Waals surface area contributed by atoms with Gasteiger partial charge in [-0.25, -0.2) is 4.98 Å². The van der Waals surface area contributed by atoms with Crippen LogP contribution in [0.25, 0.3) is 11.1 Å². The van der Waals surface area contributed by atoms with E-state index in [1.165, 1.54) is 0 Å². The van der Waals surface area contributed by atoms with Crippen molar-refractivity contribution < 1.29 is 0 Å². The highest BCUT2D eigenvalue weighted by Gasteiger charge is 2.24. The fourth-order valence-corrected chi connectivity index (χ4v) is 3.20. The monoisotopic (exact) mass is 361 g/mol. The highest BCUT2D eigenvalue weighted by Crippen LogP contribution is 2.35. The molecule has 1 aromatic heterocycles. The van der Waals surface area contributed by atoms with E-state index in [9.17, 15) is 5.26 Å². The van der Waals surface area contributed by atoms with Crippen LogP contribution in [0.15, 0.2) is 28.7 Å². The second kappa shape index (κ2) is 5.76. The van der Waals surface area contributed by atoms with E-state index in [0.29, 0.717) is 10.7 Å². The van der Waals surface area contributed by atoms with E-state index in [4.69, 9.17) is 11.6 Å². The van der Waals surface area contributed by atoms with Crippen LogP contribution in [0.2, 0.25) is 5.15 Å². The van der Waals surface area contributed by atoms with E-state index in [-0.39, 0.29) is 0 Å². The zero-order valence-electron chi connectivity index (χ0n) is 11.5. The van der Waals surface area contributed by atoms with Crippen LogP contribution in [0.5, 0.6) is 0 Å². The number of halogens is 2. The molecule has 0 fully saturated rings. The van der Waals surface area contributed by atoms with Crippen LogP contribution in [0.4, 0.5) is 0 Å². The van der Waals surface area contributed by atoms with Gasteiger partial charge in [0.25, 0.3) is 0 Å². The number of pyridine rings is 1. The molecule has 106 valence electrons. The minimum atomic E-state index is 0.304. The predicted octanol–water partition coefficient (Wildman–Crippen LogP) is 4.02. The first kappa shape index (κ1) is 14.5. The maximum absolute atomic E-state index is 9.49. The van der Waals surface area contributed by atoms with Gasteiger partial charge in [-0.05, 0) is 30.3 Å². The number of fused-ring (bicyclic) bond motifs is 1. The van der Waals surface area contributed by atoms with Gasteiger partial charge >= 0.3 is 0 Å². The lowest BCUT2D eigenvalue weighted by Crippen LogP contribution is -2.28. The summed E-state index contributed by atoms with van der Waals surface area (Å²) in [5, 5.41) is 9.79. The second-order valence-electron chi connectivity index (χ2n) is 5.18. The Morgan fingerprint density at radius 1 is 1.33 bits per heavy atom. The topological polar surface area (TPSA) is 39.9 Å². The van der Waals surface area contributed by atoms with Gasteiger partial charge in [-0.1, -0.05) is 39.7 Å². The normalized spacial score (nSPS) is 14.6. The number of likely N-dealkylation sites (N-methyl/N-ethyl adjacent to an activating group) is 1. The highest BCUT2D eigenvalue weighted by atomic mass is 79.9. The van der Waals surface area contributed by atoms with Crippen LogP contribution < -0.4 is 0 Å². The number of nitrogens with zero attached hydrogens (tertiary/aromatic N) is 3. The molecule has 0 aliphatic carbocycles. The fraction of sp³-hybridized carbons (Fsp3) is 0.250. The minimum Gasteiger partial charge on any atom is -0.302 e. The van der Waals surface area contributed by atoms with Crippen LogP contribution in [0.1, 0.15) is 16.8 Å². The molecule has 0 saturated carbocycles. The zero-order valence-corrected chi connectivity index (χ0v) is 13.9. The standard InChI is InChI=1S/C16H13BrClN3/c1-21-7-6-14-13(9-21)15(12(8-19)16(18)20-14)10-2-4-11(17)5-3-10/h2-5H,6-7,9H2,1H3. The molecule has 21 heavy (non-hydrogen) atoms. The average molecular weight is 363 g/mol. The molecule has 0 bridgehead atoms. The van der Waals surface area contributed by atoms with Crippen LogP contribution in [-0.2, 0) is 13.0 Å². The largest absolute Gasteiger partial charge is 0.302 e. The summed E-state index contributed by atoms with van der Waals surface area (Å²) in [5.41, 5.74) is 4.52. The Kier molecular flexibility index (Phi) is 3.99. The third-order valence-corrected chi connectivity index (χ3v) is 4.54. The lowest BCUT2D eigenvalue weighted by molar-refractivity contribution is 0.310. The molecule has 0 N–H and O–H groups in total. The molecule has 0 saturated heterocycles. The first-order valence-corrected chi connectivity index (χ1v) is 7.83. The summed E-state index contributed by atoms with van der Waals surface area (Å²) >= 11 is 9.67. The first-order chi connectivity index (χ1) is 10.1. The van der Waals surface area contributed by atoms with Crippen molar-refractivity contribution >= 4 is 27.5 Å². The van der Waals surface area contributed by atoms with Gasteiger partial charge in [0.1, 0.15) is 11.2 Å². The van der Waals surface area contributed by atoms with Crippen LogP contribution in [0, 0.1) is 11.3 Å². The summed E-state index contributed by atoms with van der Waals surface area (Å²) in [4.78, 5) is 6.67. The summed E-state index contributed by atoms with van der Waals surface area (Å²) in [5.74, 6) is 0. The summed E-state index contributed by atoms with van der Waals surface area (Å²) in [6.07, 6.45) is 0.862. The van der Waals surface area contributed by atoms with E-state index in [1.807, 2.05) is 24.3 Å². The average Bonchev–Trinajstić information content (AvgIpc) is 2.47. The first-order valence-electron chi connectivity index (χ1n) is 6.66. The number of benzene rings is 1. The maximum atomic E-state index is 9.49. The Hall–Kier alpha value is -1.41. The summed E-state index contributed by atoms with van der Waals surface area (Å²) in [6.45, 7) is 1.75. The van der Waals surface area contributed by atoms with Crippen molar-refractivity contribution in [3.8, 4) is 17.2 Å². The van der Waals surface area contributed by atoms with Crippen molar-refractivity contribution in [1.82, 2.24) is 9.88 Å². The van der Waals surface area contributed by atoms with Gasteiger partial charge in [0.2, 0.25) is 0 Å². The van der Waals surface area contributed by atoms with E-state index >= 15 is 0 Å². The molecular formula is C16H13BrClN3. The number of aromatic nitrogens is 1. The lowest BCUT2D eigenvalue weighted by Gasteiger charge is -2.27. The molecule has 0 radical (unpaired) electrons. The Bertz CT molecular complexity index is 735. The molecule has 2 aromatic rings. The number of hydrogen-bond acceptors (Lipinski definition) is 3. The quantitative estimate of drug-likeness (QED) is 0.719. The van der Waals surface area contributed by atoms with E-state index in [1.54, 1.807) is 0 Å². The number of rotatable bonds is 1. The molecule has 0 amide bonds. The Balaban J connectivity index is 2.28. The van der Waals surface area contributed by atoms with Crippen molar-refractivity contribution in [1.29, 1.82) is 5.26 Å². The third-order valence-electron chi connectivity index (χ3n) is 3.74. The van der Waals surface area contributed by atoms with Crippen molar-refractivity contribution in [2.24, 2.45) is 0 Å². The minimum absolute atomic E-state index is 0.304. The molecule has 1 aromatic carbocycles. The lowest BCUT2D eigenvalue weighted by atomic mass is 9.92. The van der Waals surface area contributed by atoms with Crippen LogP contribution in [0.3, 0.4) is 0 Å². The maximum Gasteiger partial charge on any atom is 0.147 e. The van der Waals surface area contributed by atoms with E-state index < -0.39 is 0 Å². The Morgan fingerprint density at radius 2 is 2.05 bits per heavy atom. The molecule has 0 unspecified atom stereocenters. The van der Waals surface area contributed by atoms with Gasteiger partial charge in [-0.2, -0.15) is 5.26 Å². The number of nitriles is 1. The van der Waals surface area contributed by atoms with E-state index in [0.717, 1.165) is 46.4 Å². The number of hydrogen-bond donors (Lipinski definition) is 0. The predicted molar refractivity (Wildman–Crippen MR) is 87.1 cm³/mol. The van der Waals surface area contributed by atoms with Crippen molar-refractivity contribution in [3.63, 3.8) is 0 Å².